The van der Waals surface area contributed by atoms with Crippen molar-refractivity contribution in [2.24, 2.45) is 5.92 Å². The van der Waals surface area contributed by atoms with Gasteiger partial charge in [-0.1, -0.05) is 0 Å². The van der Waals surface area contributed by atoms with Crippen molar-refractivity contribution >= 4 is 5.95 Å². The molecule has 1 aliphatic carbocycles. The zero-order valence-corrected chi connectivity index (χ0v) is 9.04. The molecule has 0 aromatic carbocycles. The SMILES string of the molecule is Cc1ccnc(NC(C)(C)C2CC2)n1. The molecule has 0 amide bonds. The molecule has 1 saturated carbocycles. The summed E-state index contributed by atoms with van der Waals surface area (Å²) in [4.78, 5) is 8.56. The zero-order valence-electron chi connectivity index (χ0n) is 9.04. The first-order valence-corrected chi connectivity index (χ1v) is 5.16. The molecule has 1 heterocycles. The Morgan fingerprint density at radius 1 is 1.43 bits per heavy atom. The van der Waals surface area contributed by atoms with Gasteiger partial charge in [-0.05, 0) is 45.6 Å². The summed E-state index contributed by atoms with van der Waals surface area (Å²) in [6.07, 6.45) is 4.45. The van der Waals surface area contributed by atoms with Crippen molar-refractivity contribution in [3.8, 4) is 0 Å². The summed E-state index contributed by atoms with van der Waals surface area (Å²) in [7, 11) is 0. The summed E-state index contributed by atoms with van der Waals surface area (Å²) in [5.74, 6) is 1.54. The van der Waals surface area contributed by atoms with Crippen molar-refractivity contribution in [3.05, 3.63) is 18.0 Å². The minimum Gasteiger partial charge on any atom is -0.349 e. The Balaban J connectivity index is 2.09. The molecule has 0 radical (unpaired) electrons. The van der Waals surface area contributed by atoms with Gasteiger partial charge in [-0.3, -0.25) is 0 Å². The maximum atomic E-state index is 4.35. The van der Waals surface area contributed by atoms with Crippen LogP contribution in [0.2, 0.25) is 0 Å². The van der Waals surface area contributed by atoms with Crippen LogP contribution in [0, 0.1) is 12.8 Å². The third-order valence-electron chi connectivity index (χ3n) is 2.83. The van der Waals surface area contributed by atoms with Gasteiger partial charge in [0.15, 0.2) is 0 Å². The lowest BCUT2D eigenvalue weighted by molar-refractivity contribution is 0.490. The van der Waals surface area contributed by atoms with E-state index in [4.69, 9.17) is 0 Å². The van der Waals surface area contributed by atoms with Gasteiger partial charge >= 0.3 is 0 Å². The molecule has 2 rings (SSSR count). The van der Waals surface area contributed by atoms with Crippen LogP contribution in [0.4, 0.5) is 5.95 Å². The number of hydrogen-bond donors (Lipinski definition) is 1. The number of nitrogens with zero attached hydrogens (tertiary/aromatic N) is 2. The summed E-state index contributed by atoms with van der Waals surface area (Å²) >= 11 is 0. The molecule has 1 aromatic rings. The summed E-state index contributed by atoms with van der Waals surface area (Å²) in [6, 6.07) is 1.91. The fourth-order valence-corrected chi connectivity index (χ4v) is 1.70. The van der Waals surface area contributed by atoms with Crippen LogP contribution < -0.4 is 5.32 Å². The fraction of sp³-hybridized carbons (Fsp3) is 0.636. The van der Waals surface area contributed by atoms with Crippen LogP contribution in [-0.4, -0.2) is 15.5 Å². The lowest BCUT2D eigenvalue weighted by atomic mass is 9.99. The second-order valence-electron chi connectivity index (χ2n) is 4.64. The Morgan fingerprint density at radius 2 is 2.14 bits per heavy atom. The van der Waals surface area contributed by atoms with E-state index in [1.807, 2.05) is 13.0 Å². The largest absolute Gasteiger partial charge is 0.349 e. The van der Waals surface area contributed by atoms with Gasteiger partial charge in [0.05, 0.1) is 0 Å². The first-order valence-electron chi connectivity index (χ1n) is 5.16. The van der Waals surface area contributed by atoms with Gasteiger partial charge in [-0.25, -0.2) is 9.97 Å². The van der Waals surface area contributed by atoms with Crippen LogP contribution in [0.3, 0.4) is 0 Å². The number of rotatable bonds is 3. The predicted molar refractivity (Wildman–Crippen MR) is 57.2 cm³/mol. The maximum Gasteiger partial charge on any atom is 0.223 e. The molecule has 0 unspecified atom stereocenters. The number of aromatic nitrogens is 2. The quantitative estimate of drug-likeness (QED) is 0.797. The first kappa shape index (κ1) is 9.44. The summed E-state index contributed by atoms with van der Waals surface area (Å²) in [5.41, 5.74) is 1.14. The van der Waals surface area contributed by atoms with Crippen LogP contribution in [0.25, 0.3) is 0 Å². The van der Waals surface area contributed by atoms with Crippen LogP contribution in [0.5, 0.6) is 0 Å². The number of anilines is 1. The summed E-state index contributed by atoms with van der Waals surface area (Å²) in [6.45, 7) is 6.42. The number of aryl methyl sites for hydroxylation is 1. The molecule has 0 saturated heterocycles. The van der Waals surface area contributed by atoms with E-state index in [9.17, 15) is 0 Å². The molecule has 0 bridgehead atoms. The Morgan fingerprint density at radius 3 is 2.71 bits per heavy atom. The molecule has 76 valence electrons. The topological polar surface area (TPSA) is 37.8 Å². The monoisotopic (exact) mass is 191 g/mol. The molecule has 1 aromatic heterocycles. The molecule has 0 spiro atoms. The molecule has 0 atom stereocenters. The highest BCUT2D eigenvalue weighted by molar-refractivity contribution is 5.30. The van der Waals surface area contributed by atoms with E-state index in [0.717, 1.165) is 17.6 Å². The maximum absolute atomic E-state index is 4.35. The van der Waals surface area contributed by atoms with E-state index in [1.165, 1.54) is 12.8 Å². The first-order chi connectivity index (χ1) is 6.58. The van der Waals surface area contributed by atoms with Gasteiger partial charge in [0.2, 0.25) is 5.95 Å². The minimum absolute atomic E-state index is 0.133. The second kappa shape index (κ2) is 3.23. The Bertz CT molecular complexity index is 329. The van der Waals surface area contributed by atoms with Crippen molar-refractivity contribution in [1.29, 1.82) is 0 Å². The molecule has 1 fully saturated rings. The van der Waals surface area contributed by atoms with Crippen LogP contribution in [0.1, 0.15) is 32.4 Å². The molecule has 1 aliphatic rings. The molecule has 1 N–H and O–H groups in total. The van der Waals surface area contributed by atoms with Gasteiger partial charge in [0, 0.05) is 17.4 Å². The Kier molecular flexibility index (Phi) is 2.17. The van der Waals surface area contributed by atoms with Crippen molar-refractivity contribution in [2.45, 2.75) is 39.2 Å². The lowest BCUT2D eigenvalue weighted by Gasteiger charge is -2.26. The van der Waals surface area contributed by atoms with E-state index >= 15 is 0 Å². The molecule has 3 nitrogen and oxygen atoms in total. The predicted octanol–water partition coefficient (Wildman–Crippen LogP) is 2.39. The van der Waals surface area contributed by atoms with Crippen molar-refractivity contribution in [1.82, 2.24) is 9.97 Å². The van der Waals surface area contributed by atoms with Gasteiger partial charge in [0.25, 0.3) is 0 Å². The third-order valence-corrected chi connectivity index (χ3v) is 2.83. The van der Waals surface area contributed by atoms with Gasteiger partial charge in [0.1, 0.15) is 0 Å². The molecule has 0 aliphatic heterocycles. The molecule has 14 heavy (non-hydrogen) atoms. The second-order valence-corrected chi connectivity index (χ2v) is 4.64. The zero-order chi connectivity index (χ0) is 10.2. The molecule has 3 heteroatoms. The van der Waals surface area contributed by atoms with Gasteiger partial charge < -0.3 is 5.32 Å². The smallest absolute Gasteiger partial charge is 0.223 e. The van der Waals surface area contributed by atoms with E-state index < -0.39 is 0 Å². The minimum atomic E-state index is 0.133. The number of hydrogen-bond acceptors (Lipinski definition) is 3. The summed E-state index contributed by atoms with van der Waals surface area (Å²) in [5, 5.41) is 3.40. The van der Waals surface area contributed by atoms with Gasteiger partial charge in [-0.2, -0.15) is 0 Å². The van der Waals surface area contributed by atoms with E-state index in [-0.39, 0.29) is 5.54 Å². The lowest BCUT2D eigenvalue weighted by Crippen LogP contribution is -2.34. The average Bonchev–Trinajstić information content (AvgIpc) is 2.84. The molecular weight excluding hydrogens is 174 g/mol. The highest BCUT2D eigenvalue weighted by atomic mass is 15.1. The highest BCUT2D eigenvalue weighted by Crippen LogP contribution is 2.40. The molecular formula is C11H17N3. The van der Waals surface area contributed by atoms with Crippen molar-refractivity contribution < 1.29 is 0 Å². The third kappa shape index (κ3) is 2.03. The fourth-order valence-electron chi connectivity index (χ4n) is 1.70. The van der Waals surface area contributed by atoms with E-state index in [2.05, 4.69) is 29.1 Å². The number of nitrogens with one attached hydrogen (secondary N) is 1. The Labute approximate surface area is 85.0 Å². The van der Waals surface area contributed by atoms with E-state index in [1.54, 1.807) is 6.20 Å². The van der Waals surface area contributed by atoms with Crippen molar-refractivity contribution in [3.63, 3.8) is 0 Å². The van der Waals surface area contributed by atoms with Crippen LogP contribution >= 0.6 is 0 Å². The van der Waals surface area contributed by atoms with E-state index in [0.29, 0.717) is 0 Å². The highest BCUT2D eigenvalue weighted by Gasteiger charge is 2.38. The average molecular weight is 191 g/mol. The summed E-state index contributed by atoms with van der Waals surface area (Å²) < 4.78 is 0. The van der Waals surface area contributed by atoms with Crippen molar-refractivity contribution in [2.75, 3.05) is 5.32 Å². The van der Waals surface area contributed by atoms with Gasteiger partial charge in [-0.15, -0.1) is 0 Å². The van der Waals surface area contributed by atoms with Crippen LogP contribution in [0.15, 0.2) is 12.3 Å². The normalized spacial score (nSPS) is 16.8. The standard InChI is InChI=1S/C11H17N3/c1-8-6-7-12-10(13-8)14-11(2,3)9-4-5-9/h6-7,9H,4-5H2,1-3H3,(H,12,13,14). The Hall–Kier alpha value is -1.12. The van der Waals surface area contributed by atoms with Crippen LogP contribution in [-0.2, 0) is 0 Å².